The normalized spacial score (nSPS) is 16.0. The standard InChI is InChI=1S/C23H22ClN3O5S2/c24-21-7-8-22(33-21)34(29,30)25-18-4-2-1-3-17(18)23(28)27-11-9-26(10-12-27)14-16-5-6-19-20(13-16)32-15-31-19/h1-8,13,25H,9-12,14-15H2. The number of hydrogen-bond acceptors (Lipinski definition) is 7. The summed E-state index contributed by atoms with van der Waals surface area (Å²) in [5.41, 5.74) is 1.69. The number of carbonyl (C=O) groups is 1. The molecule has 0 spiro atoms. The number of benzene rings is 2. The molecular formula is C23H22ClN3O5S2. The molecule has 3 heterocycles. The van der Waals surface area contributed by atoms with E-state index in [0.717, 1.165) is 34.9 Å². The molecule has 1 saturated heterocycles. The van der Waals surface area contributed by atoms with E-state index in [1.54, 1.807) is 29.2 Å². The molecule has 3 aromatic rings. The van der Waals surface area contributed by atoms with Crippen LogP contribution in [0.5, 0.6) is 11.5 Å². The van der Waals surface area contributed by atoms with Gasteiger partial charge in [0, 0.05) is 32.7 Å². The van der Waals surface area contributed by atoms with Gasteiger partial charge in [-0.3, -0.25) is 14.4 Å². The van der Waals surface area contributed by atoms with Crippen molar-refractivity contribution >= 4 is 44.6 Å². The van der Waals surface area contributed by atoms with Gasteiger partial charge < -0.3 is 14.4 Å². The molecule has 0 unspecified atom stereocenters. The Kier molecular flexibility index (Phi) is 6.39. The van der Waals surface area contributed by atoms with Gasteiger partial charge in [-0.1, -0.05) is 29.8 Å². The molecule has 34 heavy (non-hydrogen) atoms. The van der Waals surface area contributed by atoms with Gasteiger partial charge in [-0.15, -0.1) is 11.3 Å². The van der Waals surface area contributed by atoms with E-state index in [1.165, 1.54) is 12.1 Å². The molecule has 178 valence electrons. The van der Waals surface area contributed by atoms with Gasteiger partial charge in [0.2, 0.25) is 6.79 Å². The van der Waals surface area contributed by atoms with Crippen molar-refractivity contribution in [3.8, 4) is 11.5 Å². The number of thiophene rings is 1. The van der Waals surface area contributed by atoms with Crippen LogP contribution in [-0.2, 0) is 16.6 Å². The average Bonchev–Trinajstić information content (AvgIpc) is 3.48. The first kappa shape index (κ1) is 23.0. The molecule has 11 heteroatoms. The van der Waals surface area contributed by atoms with Crippen molar-refractivity contribution in [2.75, 3.05) is 37.7 Å². The number of nitrogens with one attached hydrogen (secondary N) is 1. The molecule has 1 N–H and O–H groups in total. The van der Waals surface area contributed by atoms with E-state index < -0.39 is 10.0 Å². The summed E-state index contributed by atoms with van der Waals surface area (Å²) in [5.74, 6) is 1.32. The zero-order chi connectivity index (χ0) is 23.7. The Morgan fingerprint density at radius 1 is 1.00 bits per heavy atom. The third kappa shape index (κ3) is 4.85. The summed E-state index contributed by atoms with van der Waals surface area (Å²) < 4.78 is 39.3. The lowest BCUT2D eigenvalue weighted by molar-refractivity contribution is 0.0629. The van der Waals surface area contributed by atoms with E-state index in [0.29, 0.717) is 36.1 Å². The first-order valence-corrected chi connectivity index (χ1v) is 13.3. The number of hydrogen-bond donors (Lipinski definition) is 1. The third-order valence-electron chi connectivity index (χ3n) is 5.72. The van der Waals surface area contributed by atoms with Crippen LogP contribution in [0.1, 0.15) is 15.9 Å². The molecular weight excluding hydrogens is 498 g/mol. The number of para-hydroxylation sites is 1. The van der Waals surface area contributed by atoms with E-state index in [9.17, 15) is 13.2 Å². The summed E-state index contributed by atoms with van der Waals surface area (Å²) >= 11 is 6.85. The zero-order valence-corrected chi connectivity index (χ0v) is 20.5. The van der Waals surface area contributed by atoms with E-state index in [2.05, 4.69) is 9.62 Å². The van der Waals surface area contributed by atoms with Gasteiger partial charge in [-0.05, 0) is 42.0 Å². The summed E-state index contributed by atoms with van der Waals surface area (Å²) in [6.07, 6.45) is 0. The number of anilines is 1. The summed E-state index contributed by atoms with van der Waals surface area (Å²) in [5, 5.41) is 0. The minimum absolute atomic E-state index is 0.0943. The Balaban J connectivity index is 1.24. The van der Waals surface area contributed by atoms with Crippen LogP contribution in [0.25, 0.3) is 0 Å². The van der Waals surface area contributed by atoms with Crippen LogP contribution in [0.15, 0.2) is 58.8 Å². The van der Waals surface area contributed by atoms with Gasteiger partial charge in [0.05, 0.1) is 15.6 Å². The molecule has 1 amide bonds. The highest BCUT2D eigenvalue weighted by Gasteiger charge is 2.26. The van der Waals surface area contributed by atoms with Gasteiger partial charge in [0.15, 0.2) is 11.5 Å². The molecule has 0 aliphatic carbocycles. The number of halogens is 1. The number of rotatable bonds is 6. The predicted octanol–water partition coefficient (Wildman–Crippen LogP) is 3.89. The molecule has 2 aliphatic rings. The fourth-order valence-electron chi connectivity index (χ4n) is 3.97. The fourth-order valence-corrected chi connectivity index (χ4v) is 6.54. The lowest BCUT2D eigenvalue weighted by Gasteiger charge is -2.35. The van der Waals surface area contributed by atoms with Crippen molar-refractivity contribution in [3.63, 3.8) is 0 Å². The third-order valence-corrected chi connectivity index (χ3v) is 8.81. The van der Waals surface area contributed by atoms with Gasteiger partial charge in [0.1, 0.15) is 4.21 Å². The monoisotopic (exact) mass is 519 g/mol. The minimum Gasteiger partial charge on any atom is -0.454 e. The van der Waals surface area contributed by atoms with Crippen LogP contribution in [0, 0.1) is 0 Å². The van der Waals surface area contributed by atoms with Gasteiger partial charge in [0.25, 0.3) is 15.9 Å². The van der Waals surface area contributed by atoms with Crippen LogP contribution in [0.3, 0.4) is 0 Å². The van der Waals surface area contributed by atoms with Crippen LogP contribution >= 0.6 is 22.9 Å². The summed E-state index contributed by atoms with van der Waals surface area (Å²) in [7, 11) is -3.84. The Labute approximate surface area is 206 Å². The number of nitrogens with zero attached hydrogens (tertiary/aromatic N) is 2. The van der Waals surface area contributed by atoms with Gasteiger partial charge >= 0.3 is 0 Å². The summed E-state index contributed by atoms with van der Waals surface area (Å²) in [4.78, 5) is 17.3. The summed E-state index contributed by atoms with van der Waals surface area (Å²) in [6, 6.07) is 15.6. The van der Waals surface area contributed by atoms with Gasteiger partial charge in [-0.2, -0.15) is 0 Å². The number of amides is 1. The lowest BCUT2D eigenvalue weighted by Crippen LogP contribution is -2.48. The fraction of sp³-hybridized carbons (Fsp3) is 0.261. The highest BCUT2D eigenvalue weighted by molar-refractivity contribution is 7.94. The lowest BCUT2D eigenvalue weighted by atomic mass is 10.1. The average molecular weight is 520 g/mol. The van der Waals surface area contributed by atoms with Crippen molar-refractivity contribution in [1.82, 2.24) is 9.80 Å². The highest BCUT2D eigenvalue weighted by atomic mass is 35.5. The zero-order valence-electron chi connectivity index (χ0n) is 18.1. The molecule has 0 saturated carbocycles. The SMILES string of the molecule is O=C(c1ccccc1NS(=O)(=O)c1ccc(Cl)s1)N1CCN(Cc2ccc3c(c2)OCO3)CC1. The number of ether oxygens (including phenoxy) is 2. The van der Waals surface area contributed by atoms with Crippen molar-refractivity contribution < 1.29 is 22.7 Å². The maximum absolute atomic E-state index is 13.3. The Bertz CT molecular complexity index is 1320. The van der Waals surface area contributed by atoms with Crippen molar-refractivity contribution in [2.45, 2.75) is 10.8 Å². The first-order valence-electron chi connectivity index (χ1n) is 10.7. The maximum Gasteiger partial charge on any atom is 0.271 e. The summed E-state index contributed by atoms with van der Waals surface area (Å²) in [6.45, 7) is 3.51. The molecule has 2 aliphatic heterocycles. The number of fused-ring (bicyclic) bond motifs is 1. The molecule has 1 fully saturated rings. The second-order valence-corrected chi connectivity index (χ2v) is 11.6. The van der Waals surface area contributed by atoms with Crippen LogP contribution in [0.4, 0.5) is 5.69 Å². The molecule has 8 nitrogen and oxygen atoms in total. The molecule has 5 rings (SSSR count). The van der Waals surface area contributed by atoms with E-state index >= 15 is 0 Å². The molecule has 0 radical (unpaired) electrons. The highest BCUT2D eigenvalue weighted by Crippen LogP contribution is 2.33. The largest absolute Gasteiger partial charge is 0.454 e. The van der Waals surface area contributed by atoms with Crippen LogP contribution < -0.4 is 14.2 Å². The number of carbonyl (C=O) groups excluding carboxylic acids is 1. The Morgan fingerprint density at radius 2 is 1.76 bits per heavy atom. The molecule has 0 bridgehead atoms. The minimum atomic E-state index is -3.84. The second kappa shape index (κ2) is 9.46. The van der Waals surface area contributed by atoms with Crippen LogP contribution in [-0.4, -0.2) is 57.1 Å². The first-order chi connectivity index (χ1) is 16.4. The van der Waals surface area contributed by atoms with Crippen molar-refractivity contribution in [1.29, 1.82) is 0 Å². The van der Waals surface area contributed by atoms with Gasteiger partial charge in [-0.25, -0.2) is 8.42 Å². The van der Waals surface area contributed by atoms with E-state index in [4.69, 9.17) is 21.1 Å². The predicted molar refractivity (Wildman–Crippen MR) is 130 cm³/mol. The van der Waals surface area contributed by atoms with Crippen LogP contribution in [0.2, 0.25) is 4.34 Å². The topological polar surface area (TPSA) is 88.2 Å². The molecule has 2 aromatic carbocycles. The van der Waals surface area contributed by atoms with Crippen molar-refractivity contribution in [3.05, 3.63) is 70.1 Å². The second-order valence-electron chi connectivity index (χ2n) is 7.97. The Hall–Kier alpha value is -2.79. The molecule has 1 aromatic heterocycles. The van der Waals surface area contributed by atoms with Crippen molar-refractivity contribution in [2.24, 2.45) is 0 Å². The maximum atomic E-state index is 13.3. The quantitative estimate of drug-likeness (QED) is 0.531. The number of sulfonamides is 1. The van der Waals surface area contributed by atoms with E-state index in [1.807, 2.05) is 18.2 Å². The number of piperazine rings is 1. The smallest absolute Gasteiger partial charge is 0.271 e. The van der Waals surface area contributed by atoms with E-state index in [-0.39, 0.29) is 22.6 Å². The Morgan fingerprint density at radius 3 is 2.53 bits per heavy atom. The molecule has 0 atom stereocenters.